The summed E-state index contributed by atoms with van der Waals surface area (Å²) in [6, 6.07) is 8.11. The van der Waals surface area contributed by atoms with E-state index in [2.05, 4.69) is 15.9 Å². The van der Waals surface area contributed by atoms with Gasteiger partial charge in [0.1, 0.15) is 5.82 Å². The molecule has 5 rings (SSSR count). The van der Waals surface area contributed by atoms with Crippen molar-refractivity contribution in [3.8, 4) is 0 Å². The summed E-state index contributed by atoms with van der Waals surface area (Å²) in [5.74, 6) is 1.45. The van der Waals surface area contributed by atoms with Crippen molar-refractivity contribution < 1.29 is 13.9 Å². The highest BCUT2D eigenvalue weighted by atomic mass is 19.1. The Labute approximate surface area is 173 Å². The van der Waals surface area contributed by atoms with E-state index < -0.39 is 0 Å². The van der Waals surface area contributed by atoms with Gasteiger partial charge in [-0.2, -0.15) is 0 Å². The van der Waals surface area contributed by atoms with E-state index in [1.165, 1.54) is 31.7 Å². The minimum absolute atomic E-state index is 0.145. The largest absolute Gasteiger partial charge is 0.381 e. The molecule has 4 heterocycles. The number of carbonyl (C=O) groups is 1. The van der Waals surface area contributed by atoms with Crippen molar-refractivity contribution in [1.82, 2.24) is 9.80 Å². The number of fused-ring (bicyclic) bond motifs is 4. The average molecular weight is 401 g/mol. The number of nitrogens with zero attached hydrogens (tertiary/aromatic N) is 2. The van der Waals surface area contributed by atoms with Crippen molar-refractivity contribution >= 4 is 5.91 Å². The van der Waals surface area contributed by atoms with E-state index in [-0.39, 0.29) is 11.7 Å². The van der Waals surface area contributed by atoms with Crippen LogP contribution in [0.1, 0.15) is 44.1 Å². The van der Waals surface area contributed by atoms with Gasteiger partial charge in [-0.15, -0.1) is 0 Å². The first-order chi connectivity index (χ1) is 14.2. The number of piperidine rings is 3. The van der Waals surface area contributed by atoms with Crippen molar-refractivity contribution in [1.29, 1.82) is 0 Å². The molecule has 4 saturated heterocycles. The van der Waals surface area contributed by atoms with Gasteiger partial charge in [0.05, 0.1) is 0 Å². The number of halogens is 1. The van der Waals surface area contributed by atoms with Crippen LogP contribution in [-0.4, -0.2) is 60.6 Å². The summed E-state index contributed by atoms with van der Waals surface area (Å²) in [5.41, 5.74) is 1.09. The van der Waals surface area contributed by atoms with Gasteiger partial charge < -0.3 is 9.64 Å². The van der Waals surface area contributed by atoms with Crippen molar-refractivity contribution in [3.63, 3.8) is 0 Å². The smallest absolute Gasteiger partial charge is 0.225 e. The molecule has 158 valence electrons. The molecule has 4 nitrogen and oxygen atoms in total. The number of ether oxygens (including phenoxy) is 1. The van der Waals surface area contributed by atoms with Crippen molar-refractivity contribution in [2.75, 3.05) is 32.8 Å². The SMILES string of the molecule is O=C(C1CCOCC1)N1C[C@H]2C[C@@H](C1)[C@H](Cc1cccc(F)c1)N1CCCC[C@@H]21. The van der Waals surface area contributed by atoms with Crippen molar-refractivity contribution in [2.24, 2.45) is 17.8 Å². The zero-order chi connectivity index (χ0) is 19.8. The van der Waals surface area contributed by atoms with Crippen LogP contribution in [0.25, 0.3) is 0 Å². The van der Waals surface area contributed by atoms with Gasteiger partial charge in [0.25, 0.3) is 0 Å². The van der Waals surface area contributed by atoms with E-state index in [0.717, 1.165) is 57.7 Å². The molecule has 4 atom stereocenters. The molecule has 0 aromatic heterocycles. The average Bonchev–Trinajstić information content (AvgIpc) is 2.77. The second-order valence-electron chi connectivity index (χ2n) is 9.59. The summed E-state index contributed by atoms with van der Waals surface area (Å²) < 4.78 is 19.3. The van der Waals surface area contributed by atoms with E-state index in [1.54, 1.807) is 6.07 Å². The molecular weight excluding hydrogens is 367 g/mol. The van der Waals surface area contributed by atoms with Gasteiger partial charge in [0, 0.05) is 44.3 Å². The first-order valence-electron chi connectivity index (χ1n) is 11.6. The van der Waals surface area contributed by atoms with Crippen molar-refractivity contribution in [2.45, 2.75) is 57.0 Å². The fourth-order valence-electron chi connectivity index (χ4n) is 6.48. The molecule has 2 bridgehead atoms. The van der Waals surface area contributed by atoms with Gasteiger partial charge in [-0.25, -0.2) is 4.39 Å². The highest BCUT2D eigenvalue weighted by molar-refractivity contribution is 5.79. The Hall–Kier alpha value is -1.46. The Morgan fingerprint density at radius 3 is 2.76 bits per heavy atom. The fraction of sp³-hybridized carbons (Fsp3) is 0.708. The third-order valence-corrected chi connectivity index (χ3v) is 7.84. The van der Waals surface area contributed by atoms with E-state index >= 15 is 0 Å². The number of hydrogen-bond donors (Lipinski definition) is 0. The quantitative estimate of drug-likeness (QED) is 0.779. The van der Waals surface area contributed by atoms with Crippen molar-refractivity contribution in [3.05, 3.63) is 35.6 Å². The molecule has 1 aromatic rings. The van der Waals surface area contributed by atoms with Crippen LogP contribution in [0, 0.1) is 23.6 Å². The first-order valence-corrected chi connectivity index (χ1v) is 11.6. The monoisotopic (exact) mass is 400 g/mol. The van der Waals surface area contributed by atoms with Gasteiger partial charge in [-0.05, 0) is 74.6 Å². The number of likely N-dealkylation sites (tertiary alicyclic amines) is 1. The third kappa shape index (κ3) is 3.96. The zero-order valence-corrected chi connectivity index (χ0v) is 17.3. The number of amides is 1. The minimum Gasteiger partial charge on any atom is -0.381 e. The number of hydrogen-bond acceptors (Lipinski definition) is 3. The molecule has 0 radical (unpaired) electrons. The first kappa shape index (κ1) is 19.5. The highest BCUT2D eigenvalue weighted by Crippen LogP contribution is 2.42. The summed E-state index contributed by atoms with van der Waals surface area (Å²) in [7, 11) is 0. The highest BCUT2D eigenvalue weighted by Gasteiger charge is 2.48. The molecule has 0 N–H and O–H groups in total. The summed E-state index contributed by atoms with van der Waals surface area (Å²) in [4.78, 5) is 18.2. The lowest BCUT2D eigenvalue weighted by Crippen LogP contribution is -2.65. The Kier molecular flexibility index (Phi) is 5.61. The Morgan fingerprint density at radius 2 is 1.93 bits per heavy atom. The van der Waals surface area contributed by atoms with Crippen LogP contribution in [0.2, 0.25) is 0 Å². The van der Waals surface area contributed by atoms with Crippen LogP contribution in [0.15, 0.2) is 24.3 Å². The van der Waals surface area contributed by atoms with Gasteiger partial charge in [0.2, 0.25) is 5.91 Å². The van der Waals surface area contributed by atoms with Gasteiger partial charge in [-0.1, -0.05) is 18.6 Å². The van der Waals surface area contributed by atoms with E-state index in [4.69, 9.17) is 4.74 Å². The van der Waals surface area contributed by atoms with Crippen LogP contribution in [-0.2, 0) is 16.0 Å². The molecular formula is C24H33FN2O2. The lowest BCUT2D eigenvalue weighted by molar-refractivity contribution is -0.147. The summed E-state index contributed by atoms with van der Waals surface area (Å²) in [6.45, 7) is 4.40. The lowest BCUT2D eigenvalue weighted by Gasteiger charge is -2.57. The molecule has 4 aliphatic rings. The standard InChI is InChI=1S/C24H33FN2O2/c25-21-5-3-4-17(12-21)13-23-20-14-19(22-6-1-2-9-27(22)23)15-26(16-20)24(28)18-7-10-29-11-8-18/h3-5,12,18-20,22-23H,1-2,6-11,13-16H2/t19-,20+,22+,23+/m1/s1. The second kappa shape index (κ2) is 8.35. The maximum Gasteiger partial charge on any atom is 0.225 e. The van der Waals surface area contributed by atoms with Crippen LogP contribution in [0.5, 0.6) is 0 Å². The predicted molar refractivity (Wildman–Crippen MR) is 110 cm³/mol. The summed E-state index contributed by atoms with van der Waals surface area (Å²) in [5, 5.41) is 0. The second-order valence-corrected chi connectivity index (χ2v) is 9.59. The summed E-state index contributed by atoms with van der Waals surface area (Å²) >= 11 is 0. The van der Waals surface area contributed by atoms with Crippen LogP contribution in [0.4, 0.5) is 4.39 Å². The van der Waals surface area contributed by atoms with Crippen LogP contribution < -0.4 is 0 Å². The molecule has 0 unspecified atom stereocenters. The molecule has 4 fully saturated rings. The fourth-order valence-corrected chi connectivity index (χ4v) is 6.48. The molecule has 5 heteroatoms. The Morgan fingerprint density at radius 1 is 1.10 bits per heavy atom. The Bertz CT molecular complexity index is 735. The lowest BCUT2D eigenvalue weighted by atomic mass is 9.70. The van der Waals surface area contributed by atoms with E-state index in [9.17, 15) is 9.18 Å². The minimum atomic E-state index is -0.147. The molecule has 1 aromatic carbocycles. The molecule has 1 amide bonds. The predicted octanol–water partition coefficient (Wildman–Crippen LogP) is 3.50. The molecule has 4 aliphatic heterocycles. The topological polar surface area (TPSA) is 32.8 Å². The maximum absolute atomic E-state index is 13.8. The molecule has 29 heavy (non-hydrogen) atoms. The maximum atomic E-state index is 13.8. The molecule has 0 aliphatic carbocycles. The number of rotatable bonds is 3. The van der Waals surface area contributed by atoms with E-state index in [0.29, 0.717) is 29.8 Å². The van der Waals surface area contributed by atoms with Gasteiger partial charge in [-0.3, -0.25) is 9.69 Å². The Balaban J connectivity index is 1.37. The summed E-state index contributed by atoms with van der Waals surface area (Å²) in [6.07, 6.45) is 7.66. The van der Waals surface area contributed by atoms with Crippen LogP contribution in [0.3, 0.4) is 0 Å². The third-order valence-electron chi connectivity index (χ3n) is 7.84. The molecule has 0 saturated carbocycles. The molecule has 0 spiro atoms. The normalized spacial score (nSPS) is 33.3. The number of benzene rings is 1. The zero-order valence-electron chi connectivity index (χ0n) is 17.3. The number of carbonyl (C=O) groups excluding carboxylic acids is 1. The van der Waals surface area contributed by atoms with Crippen LogP contribution >= 0.6 is 0 Å². The van der Waals surface area contributed by atoms with E-state index in [1.807, 2.05) is 6.07 Å². The van der Waals surface area contributed by atoms with Gasteiger partial charge in [0.15, 0.2) is 0 Å². The van der Waals surface area contributed by atoms with Gasteiger partial charge >= 0.3 is 0 Å².